The van der Waals surface area contributed by atoms with Gasteiger partial charge in [-0.2, -0.15) is 13.2 Å². The lowest BCUT2D eigenvalue weighted by Crippen LogP contribution is -2.18. The molecular weight excluding hydrogens is 411 g/mol. The maximum absolute atomic E-state index is 12.6. The fraction of sp³-hybridized carbons (Fsp3) is 0.200. The molecule has 2 aromatic rings. The van der Waals surface area contributed by atoms with E-state index < -0.39 is 11.7 Å². The Morgan fingerprint density at radius 2 is 1.62 bits per heavy atom. The van der Waals surface area contributed by atoms with Gasteiger partial charge in [0, 0.05) is 8.95 Å². The smallest absolute Gasteiger partial charge is 0.309 e. The minimum Gasteiger partial charge on any atom is -0.309 e. The summed E-state index contributed by atoms with van der Waals surface area (Å²) in [4.78, 5) is 0. The standard InChI is InChI=1S/C15H12Br2F3N/c1-21-14(12-7-6-11(16)8-13(12)17)9-2-4-10(5-3-9)15(18,19)20/h2-8,14,21H,1H3. The van der Waals surface area contributed by atoms with Crippen molar-refractivity contribution in [3.05, 3.63) is 68.1 Å². The van der Waals surface area contributed by atoms with Crippen LogP contribution in [-0.4, -0.2) is 7.05 Å². The molecule has 0 aromatic heterocycles. The Bertz CT molecular complexity index is 624. The molecule has 1 nitrogen and oxygen atoms in total. The Morgan fingerprint density at radius 3 is 2.10 bits per heavy atom. The molecule has 0 bridgehead atoms. The van der Waals surface area contributed by atoms with Gasteiger partial charge in [-0.05, 0) is 42.4 Å². The zero-order valence-corrected chi connectivity index (χ0v) is 14.2. The maximum atomic E-state index is 12.6. The number of alkyl halides is 3. The fourth-order valence-electron chi connectivity index (χ4n) is 2.10. The van der Waals surface area contributed by atoms with Crippen molar-refractivity contribution in [2.45, 2.75) is 12.2 Å². The van der Waals surface area contributed by atoms with Gasteiger partial charge in [0.25, 0.3) is 0 Å². The molecule has 2 rings (SSSR count). The van der Waals surface area contributed by atoms with E-state index in [1.54, 1.807) is 7.05 Å². The molecule has 0 saturated heterocycles. The first-order chi connectivity index (χ1) is 9.82. The summed E-state index contributed by atoms with van der Waals surface area (Å²) in [5.74, 6) is 0. The highest BCUT2D eigenvalue weighted by Crippen LogP contribution is 2.33. The number of nitrogens with one attached hydrogen (secondary N) is 1. The first kappa shape index (κ1) is 16.5. The molecule has 112 valence electrons. The predicted molar refractivity (Wildman–Crippen MR) is 84.2 cm³/mol. The van der Waals surface area contributed by atoms with E-state index in [-0.39, 0.29) is 6.04 Å². The van der Waals surface area contributed by atoms with Crippen LogP contribution in [-0.2, 0) is 6.18 Å². The topological polar surface area (TPSA) is 12.0 Å². The van der Waals surface area contributed by atoms with E-state index in [1.165, 1.54) is 12.1 Å². The number of hydrogen-bond acceptors (Lipinski definition) is 1. The van der Waals surface area contributed by atoms with Crippen LogP contribution in [0.2, 0.25) is 0 Å². The highest BCUT2D eigenvalue weighted by atomic mass is 79.9. The molecule has 1 unspecified atom stereocenters. The van der Waals surface area contributed by atoms with E-state index in [4.69, 9.17) is 0 Å². The van der Waals surface area contributed by atoms with Crippen molar-refractivity contribution in [1.82, 2.24) is 5.32 Å². The van der Waals surface area contributed by atoms with Crippen LogP contribution in [0.25, 0.3) is 0 Å². The normalized spacial score (nSPS) is 13.2. The maximum Gasteiger partial charge on any atom is 0.416 e. The molecule has 0 spiro atoms. The van der Waals surface area contributed by atoms with Crippen LogP contribution < -0.4 is 5.32 Å². The molecule has 0 aliphatic rings. The third kappa shape index (κ3) is 3.87. The van der Waals surface area contributed by atoms with Crippen LogP contribution in [0.5, 0.6) is 0 Å². The van der Waals surface area contributed by atoms with Crippen molar-refractivity contribution in [2.75, 3.05) is 7.05 Å². The Balaban J connectivity index is 2.37. The van der Waals surface area contributed by atoms with Crippen LogP contribution in [0, 0.1) is 0 Å². The SMILES string of the molecule is CNC(c1ccc(C(F)(F)F)cc1)c1ccc(Br)cc1Br. The van der Waals surface area contributed by atoms with Crippen LogP contribution in [0.4, 0.5) is 13.2 Å². The number of rotatable bonds is 3. The Kier molecular flexibility index (Phi) is 5.11. The third-order valence-electron chi connectivity index (χ3n) is 3.13. The summed E-state index contributed by atoms with van der Waals surface area (Å²) in [6, 6.07) is 10.7. The van der Waals surface area contributed by atoms with E-state index in [2.05, 4.69) is 37.2 Å². The van der Waals surface area contributed by atoms with Gasteiger partial charge in [0.05, 0.1) is 11.6 Å². The number of benzene rings is 2. The lowest BCUT2D eigenvalue weighted by atomic mass is 9.98. The van der Waals surface area contributed by atoms with Crippen molar-refractivity contribution < 1.29 is 13.2 Å². The second kappa shape index (κ2) is 6.50. The summed E-state index contributed by atoms with van der Waals surface area (Å²) in [5.41, 5.74) is 1.09. The molecule has 0 radical (unpaired) electrons. The van der Waals surface area contributed by atoms with E-state index in [0.29, 0.717) is 0 Å². The summed E-state index contributed by atoms with van der Waals surface area (Å²) in [6.07, 6.45) is -4.31. The fourth-order valence-corrected chi connectivity index (χ4v) is 3.38. The average molecular weight is 423 g/mol. The minimum atomic E-state index is -4.31. The van der Waals surface area contributed by atoms with Gasteiger partial charge in [-0.1, -0.05) is 50.1 Å². The lowest BCUT2D eigenvalue weighted by molar-refractivity contribution is -0.137. The first-order valence-corrected chi connectivity index (χ1v) is 7.71. The van der Waals surface area contributed by atoms with Crippen LogP contribution in [0.15, 0.2) is 51.4 Å². The van der Waals surface area contributed by atoms with Crippen molar-refractivity contribution in [3.8, 4) is 0 Å². The third-order valence-corrected chi connectivity index (χ3v) is 4.31. The summed E-state index contributed by atoms with van der Waals surface area (Å²) < 4.78 is 39.6. The van der Waals surface area contributed by atoms with Crippen LogP contribution >= 0.6 is 31.9 Å². The quantitative estimate of drug-likeness (QED) is 0.684. The monoisotopic (exact) mass is 421 g/mol. The van der Waals surface area contributed by atoms with E-state index in [0.717, 1.165) is 32.2 Å². The van der Waals surface area contributed by atoms with Crippen molar-refractivity contribution >= 4 is 31.9 Å². The Labute approximate surface area is 137 Å². The van der Waals surface area contributed by atoms with Gasteiger partial charge >= 0.3 is 6.18 Å². The van der Waals surface area contributed by atoms with Gasteiger partial charge in [0.15, 0.2) is 0 Å². The number of hydrogen-bond donors (Lipinski definition) is 1. The molecule has 2 aromatic carbocycles. The minimum absolute atomic E-state index is 0.185. The Hall–Kier alpha value is -0.850. The zero-order valence-electron chi connectivity index (χ0n) is 11.0. The largest absolute Gasteiger partial charge is 0.416 e. The van der Waals surface area contributed by atoms with Gasteiger partial charge in [0.2, 0.25) is 0 Å². The zero-order chi connectivity index (χ0) is 15.6. The molecule has 1 atom stereocenters. The van der Waals surface area contributed by atoms with Gasteiger partial charge in [-0.3, -0.25) is 0 Å². The van der Waals surface area contributed by atoms with Gasteiger partial charge < -0.3 is 5.32 Å². The second-order valence-corrected chi connectivity index (χ2v) is 6.28. The molecule has 0 amide bonds. The van der Waals surface area contributed by atoms with Crippen molar-refractivity contribution in [3.63, 3.8) is 0 Å². The number of halogens is 5. The van der Waals surface area contributed by atoms with Gasteiger partial charge in [-0.25, -0.2) is 0 Å². The first-order valence-electron chi connectivity index (χ1n) is 6.12. The Morgan fingerprint density at radius 1 is 1.00 bits per heavy atom. The molecule has 0 heterocycles. The molecule has 6 heteroatoms. The van der Waals surface area contributed by atoms with Gasteiger partial charge in [-0.15, -0.1) is 0 Å². The van der Waals surface area contributed by atoms with E-state index in [9.17, 15) is 13.2 Å². The summed E-state index contributed by atoms with van der Waals surface area (Å²) >= 11 is 6.86. The summed E-state index contributed by atoms with van der Waals surface area (Å²) in [6.45, 7) is 0. The van der Waals surface area contributed by atoms with E-state index in [1.807, 2.05) is 18.2 Å². The molecule has 0 aliphatic heterocycles. The molecule has 0 aliphatic carbocycles. The average Bonchev–Trinajstić information content (AvgIpc) is 2.41. The van der Waals surface area contributed by atoms with E-state index >= 15 is 0 Å². The second-order valence-electron chi connectivity index (χ2n) is 4.51. The highest BCUT2D eigenvalue weighted by Gasteiger charge is 2.30. The molecular formula is C15H12Br2F3N. The van der Waals surface area contributed by atoms with Crippen molar-refractivity contribution in [1.29, 1.82) is 0 Å². The highest BCUT2D eigenvalue weighted by molar-refractivity contribution is 9.11. The predicted octanol–water partition coefficient (Wildman–Crippen LogP) is 5.54. The van der Waals surface area contributed by atoms with Crippen LogP contribution in [0.1, 0.15) is 22.7 Å². The van der Waals surface area contributed by atoms with Crippen molar-refractivity contribution in [2.24, 2.45) is 0 Å². The molecule has 1 N–H and O–H groups in total. The summed E-state index contributed by atoms with van der Waals surface area (Å²) in [7, 11) is 1.77. The molecule has 0 fully saturated rings. The van der Waals surface area contributed by atoms with Crippen LogP contribution in [0.3, 0.4) is 0 Å². The molecule has 21 heavy (non-hydrogen) atoms. The van der Waals surface area contributed by atoms with Gasteiger partial charge in [0.1, 0.15) is 0 Å². The lowest BCUT2D eigenvalue weighted by Gasteiger charge is -2.19. The molecule has 0 saturated carbocycles. The summed E-state index contributed by atoms with van der Waals surface area (Å²) in [5, 5.41) is 3.13.